The molecule has 2 aromatic heterocycles. The highest BCUT2D eigenvalue weighted by molar-refractivity contribution is 6.30. The highest BCUT2D eigenvalue weighted by Gasteiger charge is 2.15. The van der Waals surface area contributed by atoms with Gasteiger partial charge in [-0.3, -0.25) is 9.07 Å². The number of halogens is 1. The number of nitrogens with zero attached hydrogens (tertiary/aromatic N) is 3. The van der Waals surface area contributed by atoms with Crippen molar-refractivity contribution in [3.63, 3.8) is 0 Å². The van der Waals surface area contributed by atoms with Crippen LogP contribution >= 0.6 is 11.8 Å². The average Bonchev–Trinajstić information content (AvgIpc) is 2.93. The Hall–Kier alpha value is -2.30. The topological polar surface area (TPSA) is 30.3 Å². The monoisotopic (exact) mass is 381 g/mol. The highest BCUT2D eigenvalue weighted by atomic mass is 35.5. The van der Waals surface area contributed by atoms with E-state index in [0.29, 0.717) is 12.5 Å². The van der Waals surface area contributed by atoms with Gasteiger partial charge in [0.2, 0.25) is 0 Å². The number of hydrogen-bond acceptors (Lipinski definition) is 3. The molecule has 0 saturated heterocycles. The SMILES string of the molecule is Cc1cncc2c3c4ccc(OCC(C)CN(C)C)cc4ccc3n(Cl)c12. The third-order valence-corrected chi connectivity index (χ3v) is 5.31. The molecule has 0 amide bonds. The van der Waals surface area contributed by atoms with Crippen LogP contribution in [-0.2, 0) is 0 Å². The molecule has 5 heteroatoms. The van der Waals surface area contributed by atoms with Gasteiger partial charge < -0.3 is 9.64 Å². The van der Waals surface area contributed by atoms with Gasteiger partial charge in [-0.1, -0.05) is 13.0 Å². The lowest BCUT2D eigenvalue weighted by molar-refractivity contribution is 0.222. The zero-order valence-electron chi connectivity index (χ0n) is 16.2. The second-order valence-corrected chi connectivity index (χ2v) is 7.99. The fraction of sp³-hybridized carbons (Fsp3) is 0.318. The Kier molecular flexibility index (Phi) is 4.70. The summed E-state index contributed by atoms with van der Waals surface area (Å²) in [6.45, 7) is 5.96. The van der Waals surface area contributed by atoms with Crippen LogP contribution < -0.4 is 4.74 Å². The first kappa shape index (κ1) is 18.1. The number of aryl methyl sites for hydroxylation is 1. The number of rotatable bonds is 5. The standard InChI is InChI=1S/C22H24ClN3O/c1-14(12-25(3)4)13-27-17-6-7-18-16(9-17)5-8-20-21(18)19-11-24-10-15(2)22(19)26(20)23/h5-11,14H,12-13H2,1-4H3. The maximum atomic E-state index is 6.61. The summed E-state index contributed by atoms with van der Waals surface area (Å²) >= 11 is 6.61. The zero-order valence-corrected chi connectivity index (χ0v) is 16.9. The van der Waals surface area contributed by atoms with Crippen molar-refractivity contribution in [2.24, 2.45) is 5.92 Å². The Balaban J connectivity index is 1.76. The fourth-order valence-electron chi connectivity index (χ4n) is 3.87. The van der Waals surface area contributed by atoms with Crippen LogP contribution in [0, 0.1) is 12.8 Å². The van der Waals surface area contributed by atoms with E-state index in [1.54, 1.807) is 4.09 Å². The molecule has 0 radical (unpaired) electrons. The molecule has 4 nitrogen and oxygen atoms in total. The van der Waals surface area contributed by atoms with Crippen LogP contribution in [0.1, 0.15) is 12.5 Å². The van der Waals surface area contributed by atoms with Gasteiger partial charge in [0.1, 0.15) is 5.75 Å². The van der Waals surface area contributed by atoms with Crippen molar-refractivity contribution in [1.82, 2.24) is 14.0 Å². The van der Waals surface area contributed by atoms with Gasteiger partial charge in [-0.15, -0.1) is 0 Å². The van der Waals surface area contributed by atoms with E-state index in [9.17, 15) is 0 Å². The molecule has 1 unspecified atom stereocenters. The molecular formula is C22H24ClN3O. The minimum absolute atomic E-state index is 0.474. The second-order valence-electron chi connectivity index (χ2n) is 7.65. The Morgan fingerprint density at radius 3 is 2.74 bits per heavy atom. The first-order valence-corrected chi connectivity index (χ1v) is 9.54. The number of fused-ring (bicyclic) bond motifs is 5. The summed E-state index contributed by atoms with van der Waals surface area (Å²) in [6, 6.07) is 10.5. The van der Waals surface area contributed by atoms with Crippen LogP contribution in [0.4, 0.5) is 0 Å². The van der Waals surface area contributed by atoms with Gasteiger partial charge in [-0.2, -0.15) is 0 Å². The molecule has 1 atom stereocenters. The van der Waals surface area contributed by atoms with E-state index in [2.05, 4.69) is 55.2 Å². The molecular weight excluding hydrogens is 358 g/mol. The predicted molar refractivity (Wildman–Crippen MR) is 114 cm³/mol. The lowest BCUT2D eigenvalue weighted by atomic mass is 10.0. The van der Waals surface area contributed by atoms with Crippen molar-refractivity contribution >= 4 is 44.4 Å². The molecule has 0 N–H and O–H groups in total. The van der Waals surface area contributed by atoms with E-state index < -0.39 is 0 Å². The van der Waals surface area contributed by atoms with Crippen LogP contribution in [0.3, 0.4) is 0 Å². The van der Waals surface area contributed by atoms with Gasteiger partial charge in [-0.05, 0) is 61.6 Å². The average molecular weight is 382 g/mol. The molecule has 27 heavy (non-hydrogen) atoms. The van der Waals surface area contributed by atoms with E-state index >= 15 is 0 Å². The Morgan fingerprint density at radius 1 is 1.15 bits per heavy atom. The maximum Gasteiger partial charge on any atom is 0.119 e. The molecule has 0 aliphatic rings. The summed E-state index contributed by atoms with van der Waals surface area (Å²) in [5, 5.41) is 4.53. The molecule has 4 aromatic rings. The van der Waals surface area contributed by atoms with Crippen molar-refractivity contribution in [3.05, 3.63) is 48.3 Å². The van der Waals surface area contributed by atoms with Crippen LogP contribution in [-0.4, -0.2) is 41.2 Å². The first-order chi connectivity index (χ1) is 13.0. The summed E-state index contributed by atoms with van der Waals surface area (Å²) in [5.41, 5.74) is 3.09. The van der Waals surface area contributed by atoms with Gasteiger partial charge in [0.05, 0.1) is 17.6 Å². The summed E-state index contributed by atoms with van der Waals surface area (Å²) in [7, 11) is 4.17. The summed E-state index contributed by atoms with van der Waals surface area (Å²) in [5.74, 6) is 1.37. The van der Waals surface area contributed by atoms with E-state index in [4.69, 9.17) is 16.5 Å². The normalized spacial score (nSPS) is 13.1. The predicted octanol–water partition coefficient (Wildman–Crippen LogP) is 5.23. The van der Waals surface area contributed by atoms with Crippen molar-refractivity contribution < 1.29 is 4.74 Å². The molecule has 0 aliphatic carbocycles. The molecule has 140 valence electrons. The minimum Gasteiger partial charge on any atom is -0.493 e. The summed E-state index contributed by atoms with van der Waals surface area (Å²) < 4.78 is 7.77. The van der Waals surface area contributed by atoms with Crippen LogP contribution in [0.15, 0.2) is 42.7 Å². The highest BCUT2D eigenvalue weighted by Crippen LogP contribution is 2.37. The lowest BCUT2D eigenvalue weighted by Crippen LogP contribution is -2.24. The van der Waals surface area contributed by atoms with Crippen LogP contribution in [0.5, 0.6) is 5.75 Å². The summed E-state index contributed by atoms with van der Waals surface area (Å²) in [6.07, 6.45) is 3.75. The van der Waals surface area contributed by atoms with Gasteiger partial charge in [0, 0.05) is 47.4 Å². The number of benzene rings is 2. The second kappa shape index (κ2) is 7.02. The van der Waals surface area contributed by atoms with E-state index in [1.165, 1.54) is 0 Å². The Bertz CT molecular complexity index is 1130. The van der Waals surface area contributed by atoms with Gasteiger partial charge >= 0.3 is 0 Å². The van der Waals surface area contributed by atoms with Crippen molar-refractivity contribution in [2.45, 2.75) is 13.8 Å². The van der Waals surface area contributed by atoms with Gasteiger partial charge in [-0.25, -0.2) is 0 Å². The molecule has 2 heterocycles. The van der Waals surface area contributed by atoms with E-state index in [-0.39, 0.29) is 0 Å². The third kappa shape index (κ3) is 3.24. The van der Waals surface area contributed by atoms with Crippen molar-refractivity contribution in [1.29, 1.82) is 0 Å². The number of ether oxygens (including phenoxy) is 1. The zero-order chi connectivity index (χ0) is 19.1. The number of aromatic nitrogens is 2. The molecule has 0 aliphatic heterocycles. The number of pyridine rings is 1. The van der Waals surface area contributed by atoms with Crippen molar-refractivity contribution in [3.8, 4) is 5.75 Å². The van der Waals surface area contributed by atoms with Gasteiger partial charge in [0.25, 0.3) is 0 Å². The van der Waals surface area contributed by atoms with Crippen molar-refractivity contribution in [2.75, 3.05) is 27.2 Å². The number of hydrogen-bond donors (Lipinski definition) is 0. The molecule has 0 spiro atoms. The molecule has 4 rings (SSSR count). The van der Waals surface area contributed by atoms with Gasteiger partial charge in [0.15, 0.2) is 0 Å². The Morgan fingerprint density at radius 2 is 1.96 bits per heavy atom. The Labute approximate surface area is 164 Å². The molecule has 0 saturated carbocycles. The lowest BCUT2D eigenvalue weighted by Gasteiger charge is -2.17. The molecule has 0 fully saturated rings. The first-order valence-electron chi connectivity index (χ1n) is 9.21. The fourth-order valence-corrected chi connectivity index (χ4v) is 4.23. The quantitative estimate of drug-likeness (QED) is 0.474. The third-order valence-electron chi connectivity index (χ3n) is 4.96. The summed E-state index contributed by atoms with van der Waals surface area (Å²) in [4.78, 5) is 6.56. The molecule has 2 aromatic carbocycles. The van der Waals surface area contributed by atoms with Crippen LogP contribution in [0.2, 0.25) is 0 Å². The molecule has 0 bridgehead atoms. The van der Waals surface area contributed by atoms with Crippen LogP contribution in [0.25, 0.3) is 32.6 Å². The van der Waals surface area contributed by atoms with E-state index in [1.807, 2.05) is 25.4 Å². The largest absolute Gasteiger partial charge is 0.493 e. The maximum absolute atomic E-state index is 6.61. The van der Waals surface area contributed by atoms with E-state index in [0.717, 1.165) is 50.4 Å². The smallest absolute Gasteiger partial charge is 0.119 e. The minimum atomic E-state index is 0.474.